The van der Waals surface area contributed by atoms with E-state index in [1.165, 1.54) is 37.1 Å². The van der Waals surface area contributed by atoms with Gasteiger partial charge in [0.15, 0.2) is 11.4 Å². The van der Waals surface area contributed by atoms with Crippen LogP contribution in [0.2, 0.25) is 0 Å². The first kappa shape index (κ1) is 12.1. The second kappa shape index (κ2) is 4.97. The van der Waals surface area contributed by atoms with Crippen molar-refractivity contribution in [2.75, 3.05) is 31.1 Å². The van der Waals surface area contributed by atoms with E-state index in [0.29, 0.717) is 6.04 Å². The molecule has 1 unspecified atom stereocenters. The lowest BCUT2D eigenvalue weighted by Crippen LogP contribution is -2.54. The summed E-state index contributed by atoms with van der Waals surface area (Å²) in [6.07, 6.45) is 4.93. The summed E-state index contributed by atoms with van der Waals surface area (Å²) in [7, 11) is 0. The molecule has 2 fully saturated rings. The van der Waals surface area contributed by atoms with Crippen LogP contribution < -0.4 is 4.90 Å². The lowest BCUT2D eigenvalue weighted by molar-refractivity contribution is 0.112. The number of aryl methyl sites for hydroxylation is 1. The molecule has 2 aliphatic heterocycles. The van der Waals surface area contributed by atoms with Gasteiger partial charge < -0.3 is 4.90 Å². The highest BCUT2D eigenvalue weighted by molar-refractivity contribution is 7.17. The fourth-order valence-electron chi connectivity index (χ4n) is 2.97. The molecular formula is C13H19N3OS. The molecule has 0 spiro atoms. The maximum atomic E-state index is 10.9. The number of carbonyl (C=O) groups is 1. The van der Waals surface area contributed by atoms with Gasteiger partial charge in [-0.15, -0.1) is 0 Å². The summed E-state index contributed by atoms with van der Waals surface area (Å²) < 4.78 is 0. The minimum absolute atomic E-state index is 0.691. The summed E-state index contributed by atoms with van der Waals surface area (Å²) in [5.41, 5.74) is 0.871. The largest absolute Gasteiger partial charge is 0.345 e. The second-order valence-electron chi connectivity index (χ2n) is 5.20. The minimum Gasteiger partial charge on any atom is -0.345 e. The summed E-state index contributed by atoms with van der Waals surface area (Å²) in [6, 6.07) is 0.691. The van der Waals surface area contributed by atoms with Crippen molar-refractivity contribution in [1.82, 2.24) is 9.88 Å². The average Bonchev–Trinajstić information content (AvgIpc) is 2.79. The first-order chi connectivity index (χ1) is 8.78. The third-order valence-corrected chi connectivity index (χ3v) is 5.18. The molecule has 5 heteroatoms. The minimum atomic E-state index is 0.691. The predicted octanol–water partition coefficient (Wildman–Crippen LogP) is 1.94. The van der Waals surface area contributed by atoms with Crippen molar-refractivity contribution in [3.63, 3.8) is 0 Å². The molecule has 0 aromatic carbocycles. The summed E-state index contributed by atoms with van der Waals surface area (Å²) in [4.78, 5) is 21.2. The van der Waals surface area contributed by atoms with E-state index < -0.39 is 0 Å². The van der Waals surface area contributed by atoms with Gasteiger partial charge in [0, 0.05) is 25.7 Å². The van der Waals surface area contributed by atoms with Gasteiger partial charge in [0.05, 0.1) is 10.6 Å². The van der Waals surface area contributed by atoms with Crippen molar-refractivity contribution in [2.24, 2.45) is 0 Å². The number of carbonyl (C=O) groups excluding carboxylic acids is 1. The zero-order chi connectivity index (χ0) is 12.5. The third-order valence-electron chi connectivity index (χ3n) is 4.04. The summed E-state index contributed by atoms with van der Waals surface area (Å²) in [5.74, 6) is 0. The van der Waals surface area contributed by atoms with Gasteiger partial charge in [-0.3, -0.25) is 9.69 Å². The van der Waals surface area contributed by atoms with Gasteiger partial charge in [-0.05, 0) is 26.3 Å². The molecule has 0 amide bonds. The van der Waals surface area contributed by atoms with Gasteiger partial charge in [0.25, 0.3) is 0 Å². The Morgan fingerprint density at radius 2 is 2.22 bits per heavy atom. The van der Waals surface area contributed by atoms with Crippen molar-refractivity contribution < 1.29 is 4.79 Å². The highest BCUT2D eigenvalue weighted by atomic mass is 32.1. The molecule has 98 valence electrons. The fraction of sp³-hybridized carbons (Fsp3) is 0.692. The molecule has 1 aromatic heterocycles. The normalized spacial score (nSPS) is 24.9. The number of aldehydes is 1. The number of hydrogen-bond acceptors (Lipinski definition) is 5. The van der Waals surface area contributed by atoms with Gasteiger partial charge in [0.1, 0.15) is 0 Å². The van der Waals surface area contributed by atoms with Gasteiger partial charge >= 0.3 is 0 Å². The number of rotatable bonds is 2. The lowest BCUT2D eigenvalue weighted by atomic mass is 10.00. The third kappa shape index (κ3) is 2.17. The van der Waals surface area contributed by atoms with Crippen molar-refractivity contribution in [1.29, 1.82) is 0 Å². The van der Waals surface area contributed by atoms with Crippen LogP contribution in [0.4, 0.5) is 5.13 Å². The molecule has 0 saturated carbocycles. The molecule has 4 nitrogen and oxygen atoms in total. The Balaban J connectivity index is 1.74. The van der Waals surface area contributed by atoms with Crippen molar-refractivity contribution >= 4 is 22.8 Å². The molecule has 2 saturated heterocycles. The van der Waals surface area contributed by atoms with Crippen LogP contribution in [0.5, 0.6) is 0 Å². The zero-order valence-corrected chi connectivity index (χ0v) is 11.6. The van der Waals surface area contributed by atoms with E-state index in [0.717, 1.165) is 41.6 Å². The van der Waals surface area contributed by atoms with Crippen LogP contribution in [0.15, 0.2) is 0 Å². The van der Waals surface area contributed by atoms with Crippen LogP contribution in [0.25, 0.3) is 0 Å². The number of aromatic nitrogens is 1. The molecule has 1 atom stereocenters. The first-order valence-electron chi connectivity index (χ1n) is 6.69. The summed E-state index contributed by atoms with van der Waals surface area (Å²) in [5, 5.41) is 1.03. The number of nitrogens with zero attached hydrogens (tertiary/aromatic N) is 3. The number of fused-ring (bicyclic) bond motifs is 1. The quantitative estimate of drug-likeness (QED) is 0.766. The van der Waals surface area contributed by atoms with Crippen LogP contribution in [-0.4, -0.2) is 48.4 Å². The van der Waals surface area contributed by atoms with Gasteiger partial charge in [0.2, 0.25) is 0 Å². The smallest absolute Gasteiger partial charge is 0.186 e. The molecule has 0 bridgehead atoms. The van der Waals surface area contributed by atoms with Crippen LogP contribution in [-0.2, 0) is 0 Å². The Bertz CT molecular complexity index is 445. The fourth-order valence-corrected chi connectivity index (χ4v) is 3.88. The van der Waals surface area contributed by atoms with Crippen LogP contribution in [0.1, 0.15) is 34.6 Å². The number of piperidine rings is 1. The predicted molar refractivity (Wildman–Crippen MR) is 73.7 cm³/mol. The van der Waals surface area contributed by atoms with Crippen molar-refractivity contribution in [3.05, 3.63) is 10.6 Å². The maximum absolute atomic E-state index is 10.9. The standard InChI is InChI=1S/C13H19N3OS/c1-10-12(9-17)18-13(14-10)16-7-6-15-5-3-2-4-11(15)8-16/h9,11H,2-8H2,1H3. The van der Waals surface area contributed by atoms with Crippen molar-refractivity contribution in [3.8, 4) is 0 Å². The van der Waals surface area contributed by atoms with E-state index in [4.69, 9.17) is 0 Å². The Labute approximate surface area is 112 Å². The zero-order valence-electron chi connectivity index (χ0n) is 10.8. The van der Waals surface area contributed by atoms with Crippen LogP contribution in [0, 0.1) is 6.92 Å². The Hall–Kier alpha value is -0.940. The van der Waals surface area contributed by atoms with Gasteiger partial charge in [-0.1, -0.05) is 17.8 Å². The molecule has 0 radical (unpaired) electrons. The van der Waals surface area contributed by atoms with E-state index in [2.05, 4.69) is 14.8 Å². The number of hydrogen-bond donors (Lipinski definition) is 0. The molecular weight excluding hydrogens is 246 g/mol. The lowest BCUT2D eigenvalue weighted by Gasteiger charge is -2.44. The summed E-state index contributed by atoms with van der Waals surface area (Å²) >= 11 is 1.53. The SMILES string of the molecule is Cc1nc(N2CCN3CCCCC3C2)sc1C=O. The number of anilines is 1. The molecule has 1 aromatic rings. The Kier molecular flexibility index (Phi) is 3.35. The van der Waals surface area contributed by atoms with E-state index in [1.807, 2.05) is 6.92 Å². The monoisotopic (exact) mass is 265 g/mol. The highest BCUT2D eigenvalue weighted by Gasteiger charge is 2.30. The molecule has 0 N–H and O–H groups in total. The molecule has 18 heavy (non-hydrogen) atoms. The van der Waals surface area contributed by atoms with Crippen LogP contribution in [0.3, 0.4) is 0 Å². The summed E-state index contributed by atoms with van der Waals surface area (Å²) in [6.45, 7) is 6.43. The average molecular weight is 265 g/mol. The van der Waals surface area contributed by atoms with E-state index in [9.17, 15) is 4.79 Å². The molecule has 3 rings (SSSR count). The highest BCUT2D eigenvalue weighted by Crippen LogP contribution is 2.29. The topological polar surface area (TPSA) is 36.4 Å². The Morgan fingerprint density at radius 1 is 1.33 bits per heavy atom. The first-order valence-corrected chi connectivity index (χ1v) is 7.51. The maximum Gasteiger partial charge on any atom is 0.186 e. The molecule has 0 aliphatic carbocycles. The number of thiazole rings is 1. The molecule has 2 aliphatic rings. The van der Waals surface area contributed by atoms with Crippen molar-refractivity contribution in [2.45, 2.75) is 32.2 Å². The van der Waals surface area contributed by atoms with E-state index in [-0.39, 0.29) is 0 Å². The van der Waals surface area contributed by atoms with E-state index in [1.54, 1.807) is 0 Å². The molecule has 3 heterocycles. The van der Waals surface area contributed by atoms with Gasteiger partial charge in [-0.2, -0.15) is 0 Å². The number of piperazine rings is 1. The van der Waals surface area contributed by atoms with Crippen LogP contribution >= 0.6 is 11.3 Å². The Morgan fingerprint density at radius 3 is 3.00 bits per heavy atom. The van der Waals surface area contributed by atoms with E-state index >= 15 is 0 Å². The second-order valence-corrected chi connectivity index (χ2v) is 6.20. The van der Waals surface area contributed by atoms with Gasteiger partial charge in [-0.25, -0.2) is 4.98 Å².